The molecule has 0 radical (unpaired) electrons. The van der Waals surface area contributed by atoms with E-state index in [-0.39, 0.29) is 0 Å². The van der Waals surface area contributed by atoms with Crippen LogP contribution in [0.2, 0.25) is 0 Å². The molecule has 132 valence electrons. The maximum absolute atomic E-state index is 5.42. The molecule has 0 atom stereocenters. The number of rotatable bonds is 5. The molecule has 0 saturated carbocycles. The number of morpholine rings is 1. The van der Waals surface area contributed by atoms with E-state index in [0.717, 1.165) is 38.5 Å². The van der Waals surface area contributed by atoms with Gasteiger partial charge >= 0.3 is 0 Å². The summed E-state index contributed by atoms with van der Waals surface area (Å²) in [4.78, 5) is 2.37. The molecule has 0 spiro atoms. The number of anilines is 2. The van der Waals surface area contributed by atoms with Crippen LogP contribution in [0.3, 0.4) is 0 Å². The van der Waals surface area contributed by atoms with Gasteiger partial charge in [0.15, 0.2) is 0 Å². The van der Waals surface area contributed by atoms with Crippen LogP contribution in [0.15, 0.2) is 78.9 Å². The van der Waals surface area contributed by atoms with Crippen LogP contribution in [-0.4, -0.2) is 26.3 Å². The van der Waals surface area contributed by atoms with Gasteiger partial charge in [-0.3, -0.25) is 0 Å². The smallest absolute Gasteiger partial charge is 0.0642 e. The molecule has 3 aromatic carbocycles. The Hall–Kier alpha value is -2.78. The molecule has 26 heavy (non-hydrogen) atoms. The highest BCUT2D eigenvalue weighted by molar-refractivity contribution is 5.63. The van der Waals surface area contributed by atoms with E-state index in [4.69, 9.17) is 4.74 Å². The average molecular weight is 344 g/mol. The average Bonchev–Trinajstić information content (AvgIpc) is 2.74. The van der Waals surface area contributed by atoms with E-state index >= 15 is 0 Å². The van der Waals surface area contributed by atoms with Gasteiger partial charge in [0.25, 0.3) is 0 Å². The highest BCUT2D eigenvalue weighted by Crippen LogP contribution is 2.21. The maximum Gasteiger partial charge on any atom is 0.0642 e. The lowest BCUT2D eigenvalue weighted by Crippen LogP contribution is -2.36. The zero-order valence-corrected chi connectivity index (χ0v) is 14.9. The quantitative estimate of drug-likeness (QED) is 0.719. The molecule has 1 saturated heterocycles. The molecule has 3 nitrogen and oxygen atoms in total. The first-order chi connectivity index (χ1) is 12.9. The predicted octanol–water partition coefficient (Wildman–Crippen LogP) is 4.80. The summed E-state index contributed by atoms with van der Waals surface area (Å²) < 4.78 is 5.42. The third-order valence-electron chi connectivity index (χ3n) is 4.80. The minimum atomic E-state index is 0.818. The molecule has 0 unspecified atom stereocenters. The Labute approximate surface area is 155 Å². The summed E-state index contributed by atoms with van der Waals surface area (Å²) in [6.07, 6.45) is 0. The second-order valence-corrected chi connectivity index (χ2v) is 6.56. The second-order valence-electron chi connectivity index (χ2n) is 6.56. The molecule has 1 fully saturated rings. The van der Waals surface area contributed by atoms with Crippen LogP contribution in [0.5, 0.6) is 0 Å². The van der Waals surface area contributed by atoms with Crippen molar-refractivity contribution >= 4 is 11.4 Å². The first-order valence-electron chi connectivity index (χ1n) is 9.19. The Balaban J connectivity index is 1.35. The first-order valence-corrected chi connectivity index (χ1v) is 9.19. The lowest BCUT2D eigenvalue weighted by Gasteiger charge is -2.28. The Morgan fingerprint density at radius 2 is 1.38 bits per heavy atom. The van der Waals surface area contributed by atoms with Crippen molar-refractivity contribution in [2.75, 3.05) is 36.5 Å². The molecule has 3 aromatic rings. The molecule has 0 aromatic heterocycles. The van der Waals surface area contributed by atoms with Gasteiger partial charge in [-0.2, -0.15) is 0 Å². The molecule has 1 aliphatic rings. The van der Waals surface area contributed by atoms with Crippen LogP contribution in [0.1, 0.15) is 5.56 Å². The van der Waals surface area contributed by atoms with Crippen LogP contribution in [0, 0.1) is 0 Å². The van der Waals surface area contributed by atoms with Gasteiger partial charge in [0.05, 0.1) is 13.2 Å². The van der Waals surface area contributed by atoms with Crippen LogP contribution in [-0.2, 0) is 11.3 Å². The topological polar surface area (TPSA) is 24.5 Å². The largest absolute Gasteiger partial charge is 0.381 e. The Morgan fingerprint density at radius 3 is 2.08 bits per heavy atom. The van der Waals surface area contributed by atoms with Gasteiger partial charge in [-0.1, -0.05) is 54.6 Å². The van der Waals surface area contributed by atoms with Gasteiger partial charge in [0, 0.05) is 31.0 Å². The molecule has 0 bridgehead atoms. The van der Waals surface area contributed by atoms with Crippen LogP contribution in [0.4, 0.5) is 11.4 Å². The minimum Gasteiger partial charge on any atom is -0.381 e. The Bertz CT molecular complexity index is 807. The van der Waals surface area contributed by atoms with Crippen LogP contribution >= 0.6 is 0 Å². The number of hydrogen-bond donors (Lipinski definition) is 1. The third-order valence-corrected chi connectivity index (χ3v) is 4.80. The molecule has 1 heterocycles. The summed E-state index contributed by atoms with van der Waals surface area (Å²) in [5.41, 5.74) is 6.21. The van der Waals surface area contributed by atoms with Crippen molar-refractivity contribution in [2.45, 2.75) is 6.54 Å². The van der Waals surface area contributed by atoms with E-state index in [2.05, 4.69) is 83.0 Å². The van der Waals surface area contributed by atoms with Gasteiger partial charge in [0.2, 0.25) is 0 Å². The van der Waals surface area contributed by atoms with E-state index in [1.807, 2.05) is 6.07 Å². The first kappa shape index (κ1) is 16.7. The van der Waals surface area contributed by atoms with E-state index in [1.54, 1.807) is 0 Å². The van der Waals surface area contributed by atoms with E-state index in [1.165, 1.54) is 22.4 Å². The van der Waals surface area contributed by atoms with Gasteiger partial charge in [-0.15, -0.1) is 0 Å². The van der Waals surface area contributed by atoms with Gasteiger partial charge < -0.3 is 15.0 Å². The standard InChI is InChI=1S/C23H24N2O/c1-2-4-20(5-3-1)21-8-6-19(7-9-21)18-24-22-10-12-23(13-11-22)25-14-16-26-17-15-25/h1-13,24H,14-18H2. The summed E-state index contributed by atoms with van der Waals surface area (Å²) in [6, 6.07) is 27.9. The minimum absolute atomic E-state index is 0.818. The van der Waals surface area contributed by atoms with Crippen molar-refractivity contribution in [3.05, 3.63) is 84.4 Å². The molecule has 4 rings (SSSR count). The van der Waals surface area contributed by atoms with Crippen molar-refractivity contribution in [2.24, 2.45) is 0 Å². The zero-order valence-electron chi connectivity index (χ0n) is 14.9. The molecule has 1 N–H and O–H groups in total. The lowest BCUT2D eigenvalue weighted by molar-refractivity contribution is 0.122. The molecule has 3 heteroatoms. The lowest BCUT2D eigenvalue weighted by atomic mass is 10.0. The van der Waals surface area contributed by atoms with Crippen molar-refractivity contribution in [3.63, 3.8) is 0 Å². The van der Waals surface area contributed by atoms with Crippen molar-refractivity contribution in [1.29, 1.82) is 0 Å². The predicted molar refractivity (Wildman–Crippen MR) is 109 cm³/mol. The second kappa shape index (κ2) is 8.07. The molecular weight excluding hydrogens is 320 g/mol. The molecule has 1 aliphatic heterocycles. The summed E-state index contributed by atoms with van der Waals surface area (Å²) >= 11 is 0. The molecule has 0 amide bonds. The fraction of sp³-hybridized carbons (Fsp3) is 0.217. The monoisotopic (exact) mass is 344 g/mol. The van der Waals surface area contributed by atoms with Crippen molar-refractivity contribution in [1.82, 2.24) is 0 Å². The Morgan fingerprint density at radius 1 is 0.731 bits per heavy atom. The fourth-order valence-corrected chi connectivity index (χ4v) is 3.26. The third kappa shape index (κ3) is 4.06. The molecular formula is C23H24N2O. The van der Waals surface area contributed by atoms with E-state index < -0.39 is 0 Å². The number of nitrogens with one attached hydrogen (secondary N) is 1. The SMILES string of the molecule is c1ccc(-c2ccc(CNc3ccc(N4CCOCC4)cc3)cc2)cc1. The summed E-state index contributed by atoms with van der Waals surface area (Å²) in [7, 11) is 0. The van der Waals surface area contributed by atoms with Crippen LogP contribution < -0.4 is 10.2 Å². The van der Waals surface area contributed by atoms with Gasteiger partial charge in [-0.05, 0) is 41.0 Å². The summed E-state index contributed by atoms with van der Waals surface area (Å²) in [5, 5.41) is 3.51. The normalized spacial score (nSPS) is 14.2. The van der Waals surface area contributed by atoms with E-state index in [9.17, 15) is 0 Å². The Kier molecular flexibility index (Phi) is 5.17. The highest BCUT2D eigenvalue weighted by atomic mass is 16.5. The summed E-state index contributed by atoms with van der Waals surface area (Å²) in [5.74, 6) is 0. The highest BCUT2D eigenvalue weighted by Gasteiger charge is 2.10. The zero-order chi connectivity index (χ0) is 17.6. The van der Waals surface area contributed by atoms with E-state index in [0.29, 0.717) is 0 Å². The number of ether oxygens (including phenoxy) is 1. The van der Waals surface area contributed by atoms with Gasteiger partial charge in [-0.25, -0.2) is 0 Å². The number of nitrogens with zero attached hydrogens (tertiary/aromatic N) is 1. The number of hydrogen-bond acceptors (Lipinski definition) is 3. The molecule has 0 aliphatic carbocycles. The van der Waals surface area contributed by atoms with Gasteiger partial charge in [0.1, 0.15) is 0 Å². The van der Waals surface area contributed by atoms with Crippen molar-refractivity contribution < 1.29 is 4.74 Å². The fourth-order valence-electron chi connectivity index (χ4n) is 3.26. The van der Waals surface area contributed by atoms with Crippen molar-refractivity contribution in [3.8, 4) is 11.1 Å². The summed E-state index contributed by atoms with van der Waals surface area (Å²) in [6.45, 7) is 4.41. The number of benzene rings is 3. The van der Waals surface area contributed by atoms with Crippen LogP contribution in [0.25, 0.3) is 11.1 Å². The maximum atomic E-state index is 5.42.